The number of hydrogen-bond donors (Lipinski definition) is 4. The highest BCUT2D eigenvalue weighted by Crippen LogP contribution is 2.15. The fourth-order valence-corrected chi connectivity index (χ4v) is 1.56. The number of aromatic nitrogens is 2. The second-order valence-corrected chi connectivity index (χ2v) is 3.55. The number of anilines is 1. The summed E-state index contributed by atoms with van der Waals surface area (Å²) in [6.45, 7) is 0.219. The van der Waals surface area contributed by atoms with Gasteiger partial charge in [-0.05, 0) is 0 Å². The van der Waals surface area contributed by atoms with Crippen molar-refractivity contribution >= 4 is 11.6 Å². The van der Waals surface area contributed by atoms with Gasteiger partial charge in [-0.1, -0.05) is 0 Å². The highest BCUT2D eigenvalue weighted by Gasteiger charge is 2.33. The topological polar surface area (TPSA) is 115 Å². The van der Waals surface area contributed by atoms with Crippen LogP contribution in [0.15, 0.2) is 6.20 Å². The summed E-state index contributed by atoms with van der Waals surface area (Å²) in [5.41, 5.74) is 5.96. The van der Waals surface area contributed by atoms with Gasteiger partial charge < -0.3 is 20.8 Å². The molecule has 0 aliphatic carbocycles. The number of carbonyl (C=O) groups is 1. The molecule has 82 valence electrons. The van der Waals surface area contributed by atoms with E-state index in [1.165, 1.54) is 11.1 Å². The number of β-amino-alcohol motifs (C(OH)–C–C–N with tert-alkyl or cyclic N) is 2. The van der Waals surface area contributed by atoms with E-state index in [1.54, 1.807) is 0 Å². The lowest BCUT2D eigenvalue weighted by Crippen LogP contribution is -2.30. The van der Waals surface area contributed by atoms with Crippen molar-refractivity contribution in [2.75, 3.05) is 18.8 Å². The molecule has 0 unspecified atom stereocenters. The molecule has 1 amide bonds. The van der Waals surface area contributed by atoms with Gasteiger partial charge in [-0.15, -0.1) is 0 Å². The normalized spacial score (nSPS) is 25.9. The molecule has 0 saturated carbocycles. The summed E-state index contributed by atoms with van der Waals surface area (Å²) in [6.07, 6.45) is -0.438. The number of aliphatic hydroxyl groups is 2. The van der Waals surface area contributed by atoms with Crippen LogP contribution in [0.5, 0.6) is 0 Å². The van der Waals surface area contributed by atoms with E-state index < -0.39 is 12.2 Å². The quantitative estimate of drug-likeness (QED) is 0.437. The van der Waals surface area contributed by atoms with E-state index in [1.807, 2.05) is 0 Å². The largest absolute Gasteiger partial charge is 0.396 e. The molecular weight excluding hydrogens is 200 g/mol. The zero-order valence-electron chi connectivity index (χ0n) is 7.92. The van der Waals surface area contributed by atoms with Crippen LogP contribution >= 0.6 is 0 Å². The molecule has 1 fully saturated rings. The summed E-state index contributed by atoms with van der Waals surface area (Å²) >= 11 is 0. The molecular formula is C8H12N4O3. The number of amides is 1. The summed E-state index contributed by atoms with van der Waals surface area (Å²) in [6, 6.07) is 0. The van der Waals surface area contributed by atoms with Gasteiger partial charge in [0.2, 0.25) is 0 Å². The van der Waals surface area contributed by atoms with E-state index in [2.05, 4.69) is 10.2 Å². The summed E-state index contributed by atoms with van der Waals surface area (Å²) in [5.74, 6) is -0.361. The van der Waals surface area contributed by atoms with Crippen LogP contribution in [0, 0.1) is 0 Å². The molecule has 1 aromatic heterocycles. The van der Waals surface area contributed by atoms with Gasteiger partial charge in [0.15, 0.2) is 0 Å². The number of likely N-dealkylation sites (tertiary alicyclic amines) is 1. The maximum Gasteiger partial charge on any atom is 0.274 e. The van der Waals surface area contributed by atoms with E-state index in [0.29, 0.717) is 0 Å². The minimum atomic E-state index is -0.891. The summed E-state index contributed by atoms with van der Waals surface area (Å²) < 4.78 is 0. The molecule has 2 atom stereocenters. The number of H-pyrrole nitrogens is 1. The maximum atomic E-state index is 11.8. The van der Waals surface area contributed by atoms with Crippen LogP contribution in [0.3, 0.4) is 0 Å². The van der Waals surface area contributed by atoms with Crippen LogP contribution in [0.2, 0.25) is 0 Å². The number of rotatable bonds is 1. The second-order valence-electron chi connectivity index (χ2n) is 3.55. The lowest BCUT2D eigenvalue weighted by Gasteiger charge is -2.13. The predicted octanol–water partition coefficient (Wildman–Crippen LogP) is -1.83. The molecule has 1 aliphatic rings. The number of nitrogens with two attached hydrogens (primary N) is 1. The molecule has 2 heterocycles. The maximum absolute atomic E-state index is 11.8. The lowest BCUT2D eigenvalue weighted by molar-refractivity contribution is 0.0572. The standard InChI is InChI=1S/C8H12N4O3/c9-4-1-10-11-7(4)8(15)12-2-5(13)6(14)3-12/h1,5-6,13-14H,2-3,9H2,(H,10,11)/t5-,6+. The first-order valence-electron chi connectivity index (χ1n) is 4.54. The first-order chi connectivity index (χ1) is 7.09. The van der Waals surface area contributed by atoms with Gasteiger partial charge >= 0.3 is 0 Å². The number of aromatic amines is 1. The Morgan fingerprint density at radius 1 is 1.53 bits per heavy atom. The lowest BCUT2D eigenvalue weighted by atomic mass is 10.3. The minimum absolute atomic E-state index is 0.110. The molecule has 0 bridgehead atoms. The van der Waals surface area contributed by atoms with E-state index in [-0.39, 0.29) is 30.4 Å². The Kier molecular flexibility index (Phi) is 2.33. The fraction of sp³-hybridized carbons (Fsp3) is 0.500. The monoisotopic (exact) mass is 212 g/mol. The third-order valence-corrected chi connectivity index (χ3v) is 2.43. The molecule has 1 saturated heterocycles. The Morgan fingerprint density at radius 3 is 2.60 bits per heavy atom. The van der Waals surface area contributed by atoms with Gasteiger partial charge in [-0.2, -0.15) is 5.10 Å². The van der Waals surface area contributed by atoms with Crippen molar-refractivity contribution in [1.29, 1.82) is 0 Å². The molecule has 0 aromatic carbocycles. The van der Waals surface area contributed by atoms with Crippen molar-refractivity contribution in [2.45, 2.75) is 12.2 Å². The highest BCUT2D eigenvalue weighted by atomic mass is 16.3. The van der Waals surface area contributed by atoms with Crippen molar-refractivity contribution < 1.29 is 15.0 Å². The van der Waals surface area contributed by atoms with Crippen molar-refractivity contribution in [2.24, 2.45) is 0 Å². The molecule has 5 N–H and O–H groups in total. The molecule has 1 aliphatic heterocycles. The Morgan fingerprint density at radius 2 is 2.13 bits per heavy atom. The van der Waals surface area contributed by atoms with Crippen molar-refractivity contribution in [3.8, 4) is 0 Å². The second kappa shape index (κ2) is 3.52. The molecule has 0 radical (unpaired) electrons. The average molecular weight is 212 g/mol. The van der Waals surface area contributed by atoms with Crippen molar-refractivity contribution in [1.82, 2.24) is 15.1 Å². The fourth-order valence-electron chi connectivity index (χ4n) is 1.56. The van der Waals surface area contributed by atoms with Gasteiger partial charge in [0.25, 0.3) is 5.91 Å². The van der Waals surface area contributed by atoms with E-state index in [9.17, 15) is 15.0 Å². The van der Waals surface area contributed by atoms with Crippen LogP contribution in [-0.2, 0) is 0 Å². The zero-order valence-corrected chi connectivity index (χ0v) is 7.92. The van der Waals surface area contributed by atoms with Gasteiger partial charge in [-0.3, -0.25) is 9.89 Å². The molecule has 2 rings (SSSR count). The van der Waals surface area contributed by atoms with Gasteiger partial charge in [-0.25, -0.2) is 0 Å². The van der Waals surface area contributed by atoms with Gasteiger partial charge in [0, 0.05) is 13.1 Å². The number of aliphatic hydroxyl groups excluding tert-OH is 2. The van der Waals surface area contributed by atoms with Crippen LogP contribution < -0.4 is 5.73 Å². The van der Waals surface area contributed by atoms with Gasteiger partial charge in [0.1, 0.15) is 5.69 Å². The number of nitrogens with one attached hydrogen (secondary N) is 1. The van der Waals surface area contributed by atoms with E-state index in [4.69, 9.17) is 5.73 Å². The van der Waals surface area contributed by atoms with E-state index in [0.717, 1.165) is 0 Å². The Hall–Kier alpha value is -1.60. The van der Waals surface area contributed by atoms with Gasteiger partial charge in [0.05, 0.1) is 24.1 Å². The van der Waals surface area contributed by atoms with Crippen LogP contribution in [0.25, 0.3) is 0 Å². The van der Waals surface area contributed by atoms with Crippen molar-refractivity contribution in [3.05, 3.63) is 11.9 Å². The third-order valence-electron chi connectivity index (χ3n) is 2.43. The zero-order chi connectivity index (χ0) is 11.0. The third kappa shape index (κ3) is 1.66. The molecule has 7 nitrogen and oxygen atoms in total. The first kappa shape index (κ1) is 9.94. The van der Waals surface area contributed by atoms with Crippen LogP contribution in [-0.4, -0.2) is 56.5 Å². The minimum Gasteiger partial charge on any atom is -0.396 e. The number of nitrogen functional groups attached to an aromatic ring is 1. The molecule has 7 heteroatoms. The average Bonchev–Trinajstić information content (AvgIpc) is 2.74. The summed E-state index contributed by atoms with van der Waals surface area (Å²) in [5, 5.41) is 24.7. The Balaban J connectivity index is 2.13. The first-order valence-corrected chi connectivity index (χ1v) is 4.54. The smallest absolute Gasteiger partial charge is 0.274 e. The SMILES string of the molecule is Nc1cn[nH]c1C(=O)N1C[C@@H](O)[C@@H](O)C1. The molecule has 15 heavy (non-hydrogen) atoms. The van der Waals surface area contributed by atoms with E-state index >= 15 is 0 Å². The molecule has 0 spiro atoms. The number of hydrogen-bond acceptors (Lipinski definition) is 5. The van der Waals surface area contributed by atoms with Crippen LogP contribution in [0.1, 0.15) is 10.5 Å². The van der Waals surface area contributed by atoms with Crippen molar-refractivity contribution in [3.63, 3.8) is 0 Å². The number of carbonyl (C=O) groups excluding carboxylic acids is 1. The van der Waals surface area contributed by atoms with Crippen LogP contribution in [0.4, 0.5) is 5.69 Å². The molecule has 1 aromatic rings. The summed E-state index contributed by atoms with van der Waals surface area (Å²) in [4.78, 5) is 13.1. The Bertz CT molecular complexity index is 368. The predicted molar refractivity (Wildman–Crippen MR) is 50.9 cm³/mol. The summed E-state index contributed by atoms with van der Waals surface area (Å²) in [7, 11) is 0. The highest BCUT2D eigenvalue weighted by molar-refractivity contribution is 5.97. The number of nitrogens with zero attached hydrogens (tertiary/aromatic N) is 2. The Labute approximate surface area is 85.5 Å².